The quantitative estimate of drug-likeness (QED) is 0.688. The summed E-state index contributed by atoms with van der Waals surface area (Å²) in [6, 6.07) is 14.7. The van der Waals surface area contributed by atoms with Crippen molar-refractivity contribution in [2.45, 2.75) is 33.2 Å². The summed E-state index contributed by atoms with van der Waals surface area (Å²) in [6.45, 7) is 3.81. The standard InChI is InChI=1S/C21H23N3O3/c1-14-6-3-4-7-16(14)13-22-19(26)21(10-11-21)20(27)24-18-9-5-8-17(12-18)23-15(2)25/h3-9,12H,10-11,13H2,1-2H3,(H,22,26)(H,23,25)(H,24,27). The SMILES string of the molecule is CC(=O)Nc1cccc(NC(=O)C2(C(=O)NCc3ccccc3C)CC2)c1. The van der Waals surface area contributed by atoms with Crippen molar-refractivity contribution < 1.29 is 14.4 Å². The lowest BCUT2D eigenvalue weighted by Gasteiger charge is -2.16. The average molecular weight is 365 g/mol. The molecular formula is C21H23N3O3. The van der Waals surface area contributed by atoms with Crippen molar-refractivity contribution >= 4 is 29.1 Å². The average Bonchev–Trinajstić information content (AvgIpc) is 3.42. The Hall–Kier alpha value is -3.15. The van der Waals surface area contributed by atoms with Crippen molar-refractivity contribution in [3.8, 4) is 0 Å². The number of hydrogen-bond donors (Lipinski definition) is 3. The van der Waals surface area contributed by atoms with E-state index in [0.29, 0.717) is 30.8 Å². The van der Waals surface area contributed by atoms with Gasteiger partial charge in [-0.25, -0.2) is 0 Å². The fourth-order valence-electron chi connectivity index (χ4n) is 2.96. The molecule has 1 fully saturated rings. The molecule has 3 N–H and O–H groups in total. The summed E-state index contributed by atoms with van der Waals surface area (Å²) in [5, 5.41) is 8.36. The lowest BCUT2D eigenvalue weighted by molar-refractivity contribution is -0.134. The molecule has 0 saturated heterocycles. The highest BCUT2D eigenvalue weighted by atomic mass is 16.2. The number of amides is 3. The first kappa shape index (κ1) is 18.6. The molecular weight excluding hydrogens is 342 g/mol. The van der Waals surface area contributed by atoms with Gasteiger partial charge >= 0.3 is 0 Å². The summed E-state index contributed by atoms with van der Waals surface area (Å²) < 4.78 is 0. The molecule has 1 aliphatic carbocycles. The zero-order chi connectivity index (χ0) is 19.4. The molecule has 1 saturated carbocycles. The molecule has 6 heteroatoms. The van der Waals surface area contributed by atoms with Crippen LogP contribution in [-0.2, 0) is 20.9 Å². The lowest BCUT2D eigenvalue weighted by atomic mass is 10.0. The van der Waals surface area contributed by atoms with Gasteiger partial charge in [-0.2, -0.15) is 0 Å². The molecule has 140 valence electrons. The summed E-state index contributed by atoms with van der Waals surface area (Å²) in [5.74, 6) is -0.751. The van der Waals surface area contributed by atoms with E-state index in [4.69, 9.17) is 0 Å². The highest BCUT2D eigenvalue weighted by Gasteiger charge is 2.56. The first-order valence-corrected chi connectivity index (χ1v) is 8.93. The second-order valence-corrected chi connectivity index (χ2v) is 6.91. The van der Waals surface area contributed by atoms with Crippen LogP contribution >= 0.6 is 0 Å². The van der Waals surface area contributed by atoms with Crippen molar-refractivity contribution in [3.63, 3.8) is 0 Å². The topological polar surface area (TPSA) is 87.3 Å². The van der Waals surface area contributed by atoms with Crippen molar-refractivity contribution in [2.24, 2.45) is 5.41 Å². The molecule has 2 aromatic carbocycles. The van der Waals surface area contributed by atoms with E-state index in [1.807, 2.05) is 31.2 Å². The maximum atomic E-state index is 12.7. The van der Waals surface area contributed by atoms with Gasteiger partial charge in [0.05, 0.1) is 0 Å². The van der Waals surface area contributed by atoms with Crippen LogP contribution in [0.15, 0.2) is 48.5 Å². The number of carbonyl (C=O) groups excluding carboxylic acids is 3. The summed E-state index contributed by atoms with van der Waals surface area (Å²) >= 11 is 0. The smallest absolute Gasteiger partial charge is 0.240 e. The van der Waals surface area contributed by atoms with Gasteiger partial charge in [-0.1, -0.05) is 30.3 Å². The number of nitrogens with one attached hydrogen (secondary N) is 3. The van der Waals surface area contributed by atoms with Crippen molar-refractivity contribution in [3.05, 3.63) is 59.7 Å². The summed E-state index contributed by atoms with van der Waals surface area (Å²) in [7, 11) is 0. The Kier molecular flexibility index (Phi) is 5.26. The normalized spacial score (nSPS) is 14.1. The first-order valence-electron chi connectivity index (χ1n) is 8.93. The number of benzene rings is 2. The molecule has 0 aromatic heterocycles. The molecule has 1 aliphatic rings. The second kappa shape index (κ2) is 7.61. The molecule has 0 heterocycles. The fraction of sp³-hybridized carbons (Fsp3) is 0.286. The Morgan fingerprint density at radius 2 is 1.59 bits per heavy atom. The van der Waals surface area contributed by atoms with Crippen molar-refractivity contribution in [2.75, 3.05) is 10.6 Å². The fourth-order valence-corrected chi connectivity index (χ4v) is 2.96. The third kappa shape index (κ3) is 4.34. The van der Waals surface area contributed by atoms with Gasteiger partial charge in [0, 0.05) is 24.8 Å². The largest absolute Gasteiger partial charge is 0.351 e. The molecule has 0 atom stereocenters. The van der Waals surface area contributed by atoms with Gasteiger partial charge in [-0.15, -0.1) is 0 Å². The highest BCUT2D eigenvalue weighted by Crippen LogP contribution is 2.47. The van der Waals surface area contributed by atoms with E-state index < -0.39 is 5.41 Å². The molecule has 2 aromatic rings. The van der Waals surface area contributed by atoms with Gasteiger partial charge in [-0.05, 0) is 49.1 Å². The minimum absolute atomic E-state index is 0.187. The van der Waals surface area contributed by atoms with Gasteiger partial charge in [0.1, 0.15) is 5.41 Å². The zero-order valence-electron chi connectivity index (χ0n) is 15.5. The van der Waals surface area contributed by atoms with Gasteiger partial charge in [0.15, 0.2) is 0 Å². The molecule has 0 aliphatic heterocycles. The molecule has 3 amide bonds. The van der Waals surface area contributed by atoms with E-state index in [-0.39, 0.29) is 17.7 Å². The summed E-state index contributed by atoms with van der Waals surface area (Å²) in [5.41, 5.74) is 2.26. The minimum atomic E-state index is -1.01. The summed E-state index contributed by atoms with van der Waals surface area (Å²) in [4.78, 5) is 36.5. The van der Waals surface area contributed by atoms with E-state index >= 15 is 0 Å². The van der Waals surface area contributed by atoms with Crippen LogP contribution in [0.2, 0.25) is 0 Å². The van der Waals surface area contributed by atoms with Gasteiger partial charge in [0.2, 0.25) is 17.7 Å². The van der Waals surface area contributed by atoms with Crippen LogP contribution in [0, 0.1) is 12.3 Å². The van der Waals surface area contributed by atoms with Gasteiger partial charge < -0.3 is 16.0 Å². The van der Waals surface area contributed by atoms with Gasteiger partial charge in [0.25, 0.3) is 0 Å². The molecule has 6 nitrogen and oxygen atoms in total. The van der Waals surface area contributed by atoms with E-state index in [9.17, 15) is 14.4 Å². The van der Waals surface area contributed by atoms with E-state index in [1.165, 1.54) is 6.92 Å². The van der Waals surface area contributed by atoms with Gasteiger partial charge in [-0.3, -0.25) is 14.4 Å². The third-order valence-electron chi connectivity index (χ3n) is 4.76. The Balaban J connectivity index is 1.63. The number of rotatable bonds is 6. The molecule has 0 unspecified atom stereocenters. The molecule has 0 radical (unpaired) electrons. The Bertz CT molecular complexity index is 888. The minimum Gasteiger partial charge on any atom is -0.351 e. The van der Waals surface area contributed by atoms with Crippen LogP contribution in [-0.4, -0.2) is 17.7 Å². The predicted molar refractivity (Wildman–Crippen MR) is 104 cm³/mol. The van der Waals surface area contributed by atoms with E-state index in [2.05, 4.69) is 16.0 Å². The third-order valence-corrected chi connectivity index (χ3v) is 4.76. The summed E-state index contributed by atoms with van der Waals surface area (Å²) in [6.07, 6.45) is 1.06. The Labute approximate surface area is 158 Å². The van der Waals surface area contributed by atoms with Crippen molar-refractivity contribution in [1.82, 2.24) is 5.32 Å². The zero-order valence-corrected chi connectivity index (χ0v) is 15.5. The van der Waals surface area contributed by atoms with Crippen LogP contribution < -0.4 is 16.0 Å². The molecule has 0 spiro atoms. The lowest BCUT2D eigenvalue weighted by Crippen LogP contribution is -2.39. The Morgan fingerprint density at radius 1 is 0.926 bits per heavy atom. The first-order chi connectivity index (χ1) is 12.9. The van der Waals surface area contributed by atoms with Crippen molar-refractivity contribution in [1.29, 1.82) is 0 Å². The number of aryl methyl sites for hydroxylation is 1. The molecule has 3 rings (SSSR count). The second-order valence-electron chi connectivity index (χ2n) is 6.91. The number of anilines is 2. The van der Waals surface area contributed by atoms with Crippen LogP contribution in [0.3, 0.4) is 0 Å². The highest BCUT2D eigenvalue weighted by molar-refractivity contribution is 6.13. The van der Waals surface area contributed by atoms with E-state index in [0.717, 1.165) is 11.1 Å². The number of hydrogen-bond acceptors (Lipinski definition) is 3. The predicted octanol–water partition coefficient (Wildman–Crippen LogP) is 2.99. The van der Waals surface area contributed by atoms with Crippen LogP contribution in [0.1, 0.15) is 30.9 Å². The van der Waals surface area contributed by atoms with E-state index in [1.54, 1.807) is 24.3 Å². The Morgan fingerprint density at radius 3 is 2.22 bits per heavy atom. The van der Waals surface area contributed by atoms with Crippen LogP contribution in [0.25, 0.3) is 0 Å². The molecule has 0 bridgehead atoms. The monoisotopic (exact) mass is 365 g/mol. The number of carbonyl (C=O) groups is 3. The van der Waals surface area contributed by atoms with Crippen LogP contribution in [0.5, 0.6) is 0 Å². The maximum Gasteiger partial charge on any atom is 0.240 e. The van der Waals surface area contributed by atoms with Crippen LogP contribution in [0.4, 0.5) is 11.4 Å². The molecule has 27 heavy (non-hydrogen) atoms. The maximum absolute atomic E-state index is 12.7.